The Morgan fingerprint density at radius 2 is 2.00 bits per heavy atom. The van der Waals surface area contributed by atoms with E-state index in [1.807, 2.05) is 0 Å². The van der Waals surface area contributed by atoms with Crippen LogP contribution in [0.15, 0.2) is 22.8 Å². The van der Waals surface area contributed by atoms with Crippen molar-refractivity contribution in [3.05, 3.63) is 22.8 Å². The normalized spacial score (nSPS) is 28.7. The molecule has 0 aromatic heterocycles. The summed E-state index contributed by atoms with van der Waals surface area (Å²) in [5.41, 5.74) is 1.25. The molecule has 0 saturated heterocycles. The predicted molar refractivity (Wildman–Crippen MR) is 69.5 cm³/mol. The van der Waals surface area contributed by atoms with E-state index in [0.29, 0.717) is 6.29 Å². The molecule has 0 bridgehead atoms. The van der Waals surface area contributed by atoms with Crippen LogP contribution in [0.5, 0.6) is 0 Å². The second kappa shape index (κ2) is 4.44. The van der Waals surface area contributed by atoms with E-state index in [1.54, 1.807) is 13.0 Å². The molecule has 2 aliphatic rings. The number of hydrogen-bond donors (Lipinski definition) is 1. The fourth-order valence-corrected chi connectivity index (χ4v) is 3.50. The average Bonchev–Trinajstić information content (AvgIpc) is 2.62. The standard InChI is InChI=1S/C15H18O4/c1-8-11-6-15(2,3)5-9(11)4-10(7-16)12(8)13(17)14(18)19/h4,7,9,11H,5-6H2,1-3H3,(H,18,19). The third-order valence-electron chi connectivity index (χ3n) is 4.26. The Balaban J connectivity index is 2.49. The number of ketones is 1. The number of rotatable bonds is 3. The van der Waals surface area contributed by atoms with Gasteiger partial charge < -0.3 is 5.11 Å². The maximum absolute atomic E-state index is 11.8. The van der Waals surface area contributed by atoms with E-state index in [4.69, 9.17) is 5.11 Å². The number of Topliss-reactive ketones (excluding diaryl/α,β-unsaturated/α-hetero) is 1. The van der Waals surface area contributed by atoms with Crippen LogP contribution in [0.3, 0.4) is 0 Å². The number of hydrogen-bond acceptors (Lipinski definition) is 3. The lowest BCUT2D eigenvalue weighted by molar-refractivity contribution is -0.147. The summed E-state index contributed by atoms with van der Waals surface area (Å²) in [6, 6.07) is 0. The van der Waals surface area contributed by atoms with Gasteiger partial charge in [0.05, 0.1) is 0 Å². The molecule has 1 fully saturated rings. The van der Waals surface area contributed by atoms with Crippen molar-refractivity contribution in [2.75, 3.05) is 0 Å². The fraction of sp³-hybridized carbons (Fsp3) is 0.533. The molecule has 1 saturated carbocycles. The van der Waals surface area contributed by atoms with Crippen LogP contribution in [-0.2, 0) is 14.4 Å². The Morgan fingerprint density at radius 3 is 2.53 bits per heavy atom. The lowest BCUT2D eigenvalue weighted by atomic mass is 9.77. The number of aliphatic carboxylic acids is 1. The lowest BCUT2D eigenvalue weighted by Crippen LogP contribution is -2.25. The molecule has 0 aliphatic heterocycles. The molecular formula is C15H18O4. The molecule has 0 spiro atoms. The average molecular weight is 262 g/mol. The minimum Gasteiger partial charge on any atom is -0.475 e. The molecule has 19 heavy (non-hydrogen) atoms. The minimum absolute atomic E-state index is 0.0986. The summed E-state index contributed by atoms with van der Waals surface area (Å²) in [6.07, 6.45) is 4.26. The zero-order valence-corrected chi connectivity index (χ0v) is 11.4. The highest BCUT2D eigenvalue weighted by Crippen LogP contribution is 2.51. The van der Waals surface area contributed by atoms with Crippen LogP contribution >= 0.6 is 0 Å². The topological polar surface area (TPSA) is 71.4 Å². The smallest absolute Gasteiger partial charge is 0.377 e. The van der Waals surface area contributed by atoms with Gasteiger partial charge in [-0.25, -0.2) is 4.79 Å². The van der Waals surface area contributed by atoms with Gasteiger partial charge in [-0.3, -0.25) is 9.59 Å². The summed E-state index contributed by atoms with van der Waals surface area (Å²) in [5, 5.41) is 8.88. The number of aldehydes is 1. The van der Waals surface area contributed by atoms with Crippen molar-refractivity contribution in [2.45, 2.75) is 33.6 Å². The Kier molecular flexibility index (Phi) is 3.20. The van der Waals surface area contributed by atoms with Gasteiger partial charge in [-0.05, 0) is 37.0 Å². The first kappa shape index (κ1) is 13.7. The van der Waals surface area contributed by atoms with E-state index in [2.05, 4.69) is 13.8 Å². The number of carbonyl (C=O) groups excluding carboxylic acids is 2. The highest BCUT2D eigenvalue weighted by atomic mass is 16.4. The number of fused-ring (bicyclic) bond motifs is 1. The summed E-state index contributed by atoms with van der Waals surface area (Å²) in [4.78, 5) is 33.8. The minimum atomic E-state index is -1.50. The zero-order chi connectivity index (χ0) is 14.4. The predicted octanol–water partition coefficient (Wildman–Crippen LogP) is 2.15. The highest BCUT2D eigenvalue weighted by molar-refractivity contribution is 6.42. The first-order valence-electron chi connectivity index (χ1n) is 6.42. The fourth-order valence-electron chi connectivity index (χ4n) is 3.50. The second-order valence-corrected chi connectivity index (χ2v) is 6.27. The molecule has 2 unspecified atom stereocenters. The van der Waals surface area contributed by atoms with Crippen molar-refractivity contribution in [3.63, 3.8) is 0 Å². The van der Waals surface area contributed by atoms with Crippen LogP contribution in [0.25, 0.3) is 0 Å². The van der Waals surface area contributed by atoms with Gasteiger partial charge in [0.2, 0.25) is 0 Å². The van der Waals surface area contributed by atoms with E-state index >= 15 is 0 Å². The molecule has 102 valence electrons. The molecule has 1 N–H and O–H groups in total. The molecule has 2 rings (SSSR count). The van der Waals surface area contributed by atoms with Gasteiger partial charge in [0.15, 0.2) is 0 Å². The maximum Gasteiger partial charge on any atom is 0.377 e. The molecule has 2 aliphatic carbocycles. The summed E-state index contributed by atoms with van der Waals surface area (Å²) in [5.74, 6) is -2.06. The number of carboxylic acid groups (broad SMARTS) is 1. The Bertz CT molecular complexity index is 522. The SMILES string of the molecule is CC1=C(C(=O)C(=O)O)C(C=O)=CC2CC(C)(C)CC12. The molecule has 0 aromatic rings. The highest BCUT2D eigenvalue weighted by Gasteiger charge is 2.43. The Labute approximate surface area is 112 Å². The number of allylic oxidation sites excluding steroid dienone is 3. The van der Waals surface area contributed by atoms with Crippen molar-refractivity contribution in [1.82, 2.24) is 0 Å². The van der Waals surface area contributed by atoms with E-state index < -0.39 is 11.8 Å². The monoisotopic (exact) mass is 262 g/mol. The molecule has 4 nitrogen and oxygen atoms in total. The molecule has 4 heteroatoms. The third-order valence-corrected chi connectivity index (χ3v) is 4.26. The van der Waals surface area contributed by atoms with Crippen LogP contribution in [0.4, 0.5) is 0 Å². The van der Waals surface area contributed by atoms with Gasteiger partial charge in [0.1, 0.15) is 6.29 Å². The quantitative estimate of drug-likeness (QED) is 0.625. The number of carbonyl (C=O) groups is 3. The van der Waals surface area contributed by atoms with E-state index in [1.165, 1.54) is 0 Å². The van der Waals surface area contributed by atoms with Gasteiger partial charge in [-0.1, -0.05) is 25.5 Å². The molecule has 0 heterocycles. The van der Waals surface area contributed by atoms with Gasteiger partial charge in [-0.2, -0.15) is 0 Å². The molecule has 0 radical (unpaired) electrons. The van der Waals surface area contributed by atoms with Crippen LogP contribution in [0.2, 0.25) is 0 Å². The molecule has 2 atom stereocenters. The summed E-state index contributed by atoms with van der Waals surface area (Å²) < 4.78 is 0. The summed E-state index contributed by atoms with van der Waals surface area (Å²) >= 11 is 0. The van der Waals surface area contributed by atoms with Crippen molar-refractivity contribution < 1.29 is 19.5 Å². The van der Waals surface area contributed by atoms with Gasteiger partial charge in [-0.15, -0.1) is 0 Å². The van der Waals surface area contributed by atoms with Crippen LogP contribution in [0.1, 0.15) is 33.6 Å². The molecule has 0 amide bonds. The van der Waals surface area contributed by atoms with Crippen molar-refractivity contribution >= 4 is 18.0 Å². The molecule has 0 aromatic carbocycles. The zero-order valence-electron chi connectivity index (χ0n) is 11.4. The Hall–Kier alpha value is -1.71. The first-order valence-corrected chi connectivity index (χ1v) is 6.42. The van der Waals surface area contributed by atoms with Gasteiger partial charge in [0.25, 0.3) is 5.78 Å². The van der Waals surface area contributed by atoms with Crippen molar-refractivity contribution in [3.8, 4) is 0 Å². The third kappa shape index (κ3) is 2.27. The van der Waals surface area contributed by atoms with Crippen LogP contribution < -0.4 is 0 Å². The largest absolute Gasteiger partial charge is 0.475 e. The maximum atomic E-state index is 11.8. The summed E-state index contributed by atoms with van der Waals surface area (Å²) in [6.45, 7) is 6.10. The second-order valence-electron chi connectivity index (χ2n) is 6.27. The number of carboxylic acids is 1. The Morgan fingerprint density at radius 1 is 1.37 bits per heavy atom. The van der Waals surface area contributed by atoms with E-state index in [0.717, 1.165) is 18.4 Å². The summed E-state index contributed by atoms with van der Waals surface area (Å²) in [7, 11) is 0. The first-order chi connectivity index (χ1) is 8.76. The van der Waals surface area contributed by atoms with Crippen LogP contribution in [0, 0.1) is 17.3 Å². The lowest BCUT2D eigenvalue weighted by Gasteiger charge is -2.25. The van der Waals surface area contributed by atoms with Gasteiger partial charge >= 0.3 is 5.97 Å². The van der Waals surface area contributed by atoms with Gasteiger partial charge in [0, 0.05) is 11.1 Å². The van der Waals surface area contributed by atoms with Crippen molar-refractivity contribution in [2.24, 2.45) is 17.3 Å². The molecular weight excluding hydrogens is 244 g/mol. The van der Waals surface area contributed by atoms with E-state index in [-0.39, 0.29) is 28.4 Å². The van der Waals surface area contributed by atoms with E-state index in [9.17, 15) is 14.4 Å². The van der Waals surface area contributed by atoms with Crippen molar-refractivity contribution in [1.29, 1.82) is 0 Å². The van der Waals surface area contributed by atoms with Crippen LogP contribution in [-0.4, -0.2) is 23.1 Å².